The molecule has 0 atom stereocenters. The van der Waals surface area contributed by atoms with Crippen molar-refractivity contribution in [2.45, 2.75) is 0 Å². The lowest BCUT2D eigenvalue weighted by Gasteiger charge is -2.23. The fourth-order valence-electron chi connectivity index (χ4n) is 6.67. The van der Waals surface area contributed by atoms with Crippen molar-refractivity contribution in [1.82, 2.24) is 4.98 Å². The Morgan fingerprint density at radius 2 is 1.08 bits per heavy atom. The summed E-state index contributed by atoms with van der Waals surface area (Å²) in [5.74, 6) is 1.58. The second-order valence-corrected chi connectivity index (χ2v) is 11.6. The van der Waals surface area contributed by atoms with Gasteiger partial charge >= 0.3 is 0 Å². The average molecular weight is 621 g/mol. The summed E-state index contributed by atoms with van der Waals surface area (Å²) in [6.45, 7) is 0. The molecule has 4 nitrogen and oxygen atoms in total. The van der Waals surface area contributed by atoms with Crippen molar-refractivity contribution in [2.75, 3.05) is 14.2 Å². The molecule has 230 valence electrons. The first-order valence-corrected chi connectivity index (χ1v) is 16.0. The highest BCUT2D eigenvalue weighted by Crippen LogP contribution is 2.47. The Balaban J connectivity index is 1.63. The molecule has 8 aromatic rings. The van der Waals surface area contributed by atoms with Crippen LogP contribution in [0.1, 0.15) is 11.1 Å². The molecule has 4 heteroatoms. The quantitative estimate of drug-likeness (QED) is 0.101. The number of pyridine rings is 1. The Labute approximate surface area is 279 Å². The molecular weight excluding hydrogens is 588 g/mol. The van der Waals surface area contributed by atoms with Gasteiger partial charge < -0.3 is 9.47 Å². The number of methoxy groups -OCH3 is 2. The number of hydrogen-bond acceptors (Lipinski definition) is 4. The molecule has 0 unspecified atom stereocenters. The number of aliphatic imine (C=N–C) groups is 1. The summed E-state index contributed by atoms with van der Waals surface area (Å²) in [5, 5.41) is 4.25. The third-order valence-electron chi connectivity index (χ3n) is 8.87. The number of ether oxygens (including phenoxy) is 2. The lowest BCUT2D eigenvalue weighted by Crippen LogP contribution is -2.08. The first kappa shape index (κ1) is 29.2. The minimum atomic E-state index is 0.786. The van der Waals surface area contributed by atoms with Gasteiger partial charge in [0.15, 0.2) is 0 Å². The fraction of sp³-hybridized carbons (Fsp3) is 0.0455. The van der Waals surface area contributed by atoms with Gasteiger partial charge in [-0.2, -0.15) is 0 Å². The number of hydrogen-bond donors (Lipinski definition) is 0. The smallest absolute Gasteiger partial charge is 0.119 e. The number of fused-ring (bicyclic) bond motifs is 4. The van der Waals surface area contributed by atoms with E-state index < -0.39 is 0 Å². The third-order valence-corrected chi connectivity index (χ3v) is 8.87. The molecule has 0 bridgehead atoms. The molecule has 0 saturated carbocycles. The van der Waals surface area contributed by atoms with Crippen LogP contribution in [0.25, 0.3) is 54.8 Å². The highest BCUT2D eigenvalue weighted by Gasteiger charge is 2.25. The van der Waals surface area contributed by atoms with E-state index in [4.69, 9.17) is 19.5 Å². The maximum atomic E-state index is 5.76. The van der Waals surface area contributed by atoms with Gasteiger partial charge in [0.1, 0.15) is 11.5 Å². The van der Waals surface area contributed by atoms with E-state index in [9.17, 15) is 0 Å². The monoisotopic (exact) mass is 620 g/mol. The van der Waals surface area contributed by atoms with Crippen molar-refractivity contribution >= 4 is 44.0 Å². The van der Waals surface area contributed by atoms with Crippen LogP contribution in [0.2, 0.25) is 0 Å². The van der Waals surface area contributed by atoms with Gasteiger partial charge in [0.2, 0.25) is 0 Å². The van der Waals surface area contributed by atoms with Crippen molar-refractivity contribution in [1.29, 1.82) is 0 Å². The van der Waals surface area contributed by atoms with E-state index in [1.165, 1.54) is 0 Å². The van der Waals surface area contributed by atoms with Crippen molar-refractivity contribution in [3.05, 3.63) is 169 Å². The summed E-state index contributed by atoms with van der Waals surface area (Å²) in [6.07, 6.45) is 0. The standard InChI is InChI=1S/C44H32N2O2/c1-47-33-24-22-32(23-25-33)45-43(31-18-10-5-11-19-31)41-35-20-12-13-21-36(35)44-42(40(41)30-16-8-4-9-17-30)39(29-14-6-3-7-15-29)37-28-34(48-2)26-27-38(37)46-44/h3-28H,1-2H3. The predicted octanol–water partition coefficient (Wildman–Crippen LogP) is 11.1. The minimum Gasteiger partial charge on any atom is -0.497 e. The molecule has 48 heavy (non-hydrogen) atoms. The van der Waals surface area contributed by atoms with E-state index in [2.05, 4.69) is 121 Å². The Hall–Kier alpha value is -6.26. The summed E-state index contributed by atoms with van der Waals surface area (Å²) in [4.78, 5) is 10.9. The van der Waals surface area contributed by atoms with E-state index in [-0.39, 0.29) is 0 Å². The van der Waals surface area contributed by atoms with Crippen LogP contribution in [0.5, 0.6) is 11.5 Å². The Kier molecular flexibility index (Phi) is 7.60. The molecule has 0 aliphatic heterocycles. The van der Waals surface area contributed by atoms with Gasteiger partial charge in [0.05, 0.1) is 36.7 Å². The van der Waals surface area contributed by atoms with E-state index in [1.807, 2.05) is 36.4 Å². The largest absolute Gasteiger partial charge is 0.497 e. The molecule has 1 aromatic heterocycles. The van der Waals surface area contributed by atoms with Crippen LogP contribution in [0.15, 0.2) is 163 Å². The van der Waals surface area contributed by atoms with Crippen molar-refractivity contribution in [2.24, 2.45) is 4.99 Å². The normalized spacial score (nSPS) is 11.7. The van der Waals surface area contributed by atoms with Gasteiger partial charge in [-0.3, -0.25) is 0 Å². The van der Waals surface area contributed by atoms with Crippen molar-refractivity contribution < 1.29 is 9.47 Å². The van der Waals surface area contributed by atoms with Gasteiger partial charge in [0, 0.05) is 38.4 Å². The molecule has 0 aliphatic rings. The predicted molar refractivity (Wildman–Crippen MR) is 199 cm³/mol. The Bertz CT molecular complexity index is 2440. The molecule has 1 heterocycles. The van der Waals surface area contributed by atoms with Crippen LogP contribution >= 0.6 is 0 Å². The van der Waals surface area contributed by atoms with E-state index in [1.54, 1.807) is 14.2 Å². The van der Waals surface area contributed by atoms with Gasteiger partial charge in [-0.1, -0.05) is 115 Å². The lowest BCUT2D eigenvalue weighted by atomic mass is 9.82. The van der Waals surface area contributed by atoms with Crippen molar-refractivity contribution in [3.8, 4) is 33.8 Å². The molecule has 0 fully saturated rings. The molecule has 0 saturated heterocycles. The Morgan fingerprint density at radius 3 is 1.73 bits per heavy atom. The van der Waals surface area contributed by atoms with Gasteiger partial charge in [0.25, 0.3) is 0 Å². The molecule has 0 amide bonds. The summed E-state index contributed by atoms with van der Waals surface area (Å²) in [7, 11) is 3.39. The second-order valence-electron chi connectivity index (χ2n) is 11.6. The van der Waals surface area contributed by atoms with Crippen LogP contribution in [0.4, 0.5) is 5.69 Å². The summed E-state index contributed by atoms with van der Waals surface area (Å²) < 4.78 is 11.2. The van der Waals surface area contributed by atoms with Gasteiger partial charge in [-0.25, -0.2) is 9.98 Å². The minimum absolute atomic E-state index is 0.786. The molecule has 0 aliphatic carbocycles. The van der Waals surface area contributed by atoms with E-state index in [0.29, 0.717) is 0 Å². The van der Waals surface area contributed by atoms with Crippen LogP contribution in [-0.2, 0) is 0 Å². The van der Waals surface area contributed by atoms with E-state index >= 15 is 0 Å². The van der Waals surface area contributed by atoms with Crippen LogP contribution in [0.3, 0.4) is 0 Å². The maximum Gasteiger partial charge on any atom is 0.119 e. The number of nitrogens with zero attached hydrogens (tertiary/aromatic N) is 2. The number of aromatic nitrogens is 1. The summed E-state index contributed by atoms with van der Waals surface area (Å²) in [5.41, 5.74) is 10.0. The van der Waals surface area contributed by atoms with E-state index in [0.717, 1.165) is 88.9 Å². The number of rotatable bonds is 7. The summed E-state index contributed by atoms with van der Waals surface area (Å²) >= 11 is 0. The first-order valence-electron chi connectivity index (χ1n) is 16.0. The molecule has 0 N–H and O–H groups in total. The molecular formula is C44H32N2O2. The first-order chi connectivity index (χ1) is 23.7. The topological polar surface area (TPSA) is 43.7 Å². The van der Waals surface area contributed by atoms with Crippen LogP contribution in [0, 0.1) is 0 Å². The summed E-state index contributed by atoms with van der Waals surface area (Å²) in [6, 6.07) is 54.4. The zero-order valence-corrected chi connectivity index (χ0v) is 26.7. The van der Waals surface area contributed by atoms with Crippen LogP contribution < -0.4 is 9.47 Å². The van der Waals surface area contributed by atoms with Crippen LogP contribution in [-0.4, -0.2) is 24.9 Å². The molecule has 0 radical (unpaired) electrons. The lowest BCUT2D eigenvalue weighted by molar-refractivity contribution is 0.415. The van der Waals surface area contributed by atoms with Gasteiger partial charge in [-0.05, 0) is 59.0 Å². The molecule has 0 spiro atoms. The fourth-order valence-corrected chi connectivity index (χ4v) is 6.67. The second kappa shape index (κ2) is 12.5. The average Bonchev–Trinajstić information content (AvgIpc) is 3.16. The highest BCUT2D eigenvalue weighted by molar-refractivity contribution is 6.32. The highest BCUT2D eigenvalue weighted by atomic mass is 16.5. The maximum absolute atomic E-state index is 5.76. The molecule has 8 rings (SSSR count). The zero-order chi connectivity index (χ0) is 32.5. The van der Waals surface area contributed by atoms with Gasteiger partial charge in [-0.15, -0.1) is 0 Å². The number of benzene rings is 7. The van der Waals surface area contributed by atoms with Crippen molar-refractivity contribution in [3.63, 3.8) is 0 Å². The molecule has 7 aromatic carbocycles. The Morgan fingerprint density at radius 1 is 0.521 bits per heavy atom. The zero-order valence-electron chi connectivity index (χ0n) is 26.7. The third kappa shape index (κ3) is 5.14. The SMILES string of the molecule is COc1ccc(N=C(c2ccccc2)c2c(-c3ccccc3)c3c(-c4ccccc4)c4cc(OC)ccc4nc3c3ccccc23)cc1.